The van der Waals surface area contributed by atoms with Crippen LogP contribution < -0.4 is 14.5 Å². The molecule has 7 heteroatoms. The Hall–Kier alpha value is -2.64. The number of ether oxygens (including phenoxy) is 1. The Kier molecular flexibility index (Phi) is 9.14. The minimum absolute atomic E-state index is 0.202. The van der Waals surface area contributed by atoms with Gasteiger partial charge in [0.05, 0.1) is 17.9 Å². The van der Waals surface area contributed by atoms with Crippen LogP contribution in [0.15, 0.2) is 42.5 Å². The zero-order valence-corrected chi connectivity index (χ0v) is 21.8. The van der Waals surface area contributed by atoms with Gasteiger partial charge in [-0.05, 0) is 82.6 Å². The third-order valence-corrected chi connectivity index (χ3v) is 6.69. The number of aliphatic hydroxyl groups is 1. The van der Waals surface area contributed by atoms with Gasteiger partial charge < -0.3 is 24.5 Å². The third-order valence-electron chi connectivity index (χ3n) is 6.69. The van der Waals surface area contributed by atoms with E-state index in [4.69, 9.17) is 4.74 Å². The van der Waals surface area contributed by atoms with E-state index >= 15 is 4.39 Å². The number of hydrogen-bond donors (Lipinski definition) is 1. The monoisotopic (exact) mass is 485 g/mol. The highest BCUT2D eigenvalue weighted by molar-refractivity contribution is 6.05. The Morgan fingerprint density at radius 1 is 1.20 bits per heavy atom. The number of benzene rings is 2. The summed E-state index contributed by atoms with van der Waals surface area (Å²) in [6, 6.07) is 12.4. The molecule has 192 valence electrons. The van der Waals surface area contributed by atoms with Crippen molar-refractivity contribution in [2.45, 2.75) is 58.1 Å². The van der Waals surface area contributed by atoms with Gasteiger partial charge >= 0.3 is 0 Å². The summed E-state index contributed by atoms with van der Waals surface area (Å²) in [6.07, 6.45) is 3.69. The Bertz CT molecular complexity index is 974. The van der Waals surface area contributed by atoms with Crippen LogP contribution in [0.25, 0.3) is 0 Å². The summed E-state index contributed by atoms with van der Waals surface area (Å²) in [6.45, 7) is 8.71. The summed E-state index contributed by atoms with van der Waals surface area (Å²) < 4.78 is 20.8. The highest BCUT2D eigenvalue weighted by Gasteiger charge is 2.28. The van der Waals surface area contributed by atoms with E-state index in [1.807, 2.05) is 13.8 Å². The lowest BCUT2D eigenvalue weighted by Gasteiger charge is -2.28. The molecule has 0 bridgehead atoms. The molecule has 1 heterocycles. The minimum atomic E-state index is -0.692. The Morgan fingerprint density at radius 3 is 2.54 bits per heavy atom. The molecule has 3 rings (SSSR count). The summed E-state index contributed by atoms with van der Waals surface area (Å²) in [5.74, 6) is 0.205. The molecule has 1 unspecified atom stereocenters. The predicted molar refractivity (Wildman–Crippen MR) is 140 cm³/mol. The number of carbonyl (C=O) groups excluding carboxylic acids is 1. The minimum Gasteiger partial charge on any atom is -0.494 e. The van der Waals surface area contributed by atoms with E-state index in [1.165, 1.54) is 11.0 Å². The standard InChI is InChI=1S/C28H40FN3O3/c1-6-7-18-35-24-11-8-21(9-12-24)27(33)31(5)22-10-13-26(25(29)19-22)32-16-14-23(20-32)30(4)17-15-28(2,3)34/h8-13,19,23,34H,6-7,14-18,20H2,1-5H3. The molecule has 0 aromatic heterocycles. The quantitative estimate of drug-likeness (QED) is 0.456. The molecule has 2 aromatic rings. The van der Waals surface area contributed by atoms with Crippen LogP contribution in [0, 0.1) is 5.82 Å². The van der Waals surface area contributed by atoms with Crippen molar-refractivity contribution in [3.05, 3.63) is 53.8 Å². The Balaban J connectivity index is 1.61. The molecule has 1 aliphatic rings. The molecule has 0 saturated carbocycles. The van der Waals surface area contributed by atoms with Gasteiger partial charge in [-0.2, -0.15) is 0 Å². The van der Waals surface area contributed by atoms with E-state index in [-0.39, 0.29) is 11.7 Å². The van der Waals surface area contributed by atoms with Gasteiger partial charge in [0.2, 0.25) is 0 Å². The average molecular weight is 486 g/mol. The highest BCUT2D eigenvalue weighted by atomic mass is 19.1. The van der Waals surface area contributed by atoms with Crippen molar-refractivity contribution in [1.82, 2.24) is 4.90 Å². The number of carbonyl (C=O) groups is 1. The first-order valence-corrected chi connectivity index (χ1v) is 12.6. The maximum absolute atomic E-state index is 15.1. The molecule has 35 heavy (non-hydrogen) atoms. The zero-order chi connectivity index (χ0) is 25.6. The number of anilines is 2. The summed E-state index contributed by atoms with van der Waals surface area (Å²) in [7, 11) is 3.72. The summed E-state index contributed by atoms with van der Waals surface area (Å²) in [5.41, 5.74) is 0.901. The fraction of sp³-hybridized carbons (Fsp3) is 0.536. The van der Waals surface area contributed by atoms with Crippen molar-refractivity contribution >= 4 is 17.3 Å². The molecule has 1 aliphatic heterocycles. The molecule has 0 spiro atoms. The van der Waals surface area contributed by atoms with Crippen molar-refractivity contribution < 1.29 is 19.0 Å². The van der Waals surface area contributed by atoms with E-state index in [9.17, 15) is 9.90 Å². The summed E-state index contributed by atoms with van der Waals surface area (Å²) in [5, 5.41) is 9.99. The number of nitrogens with zero attached hydrogens (tertiary/aromatic N) is 3. The lowest BCUT2D eigenvalue weighted by molar-refractivity contribution is 0.0567. The van der Waals surface area contributed by atoms with Gasteiger partial charge in [0, 0.05) is 44.0 Å². The van der Waals surface area contributed by atoms with Crippen LogP contribution in [0.3, 0.4) is 0 Å². The summed E-state index contributed by atoms with van der Waals surface area (Å²) >= 11 is 0. The molecule has 1 amide bonds. The molecule has 0 radical (unpaired) electrons. The fourth-order valence-electron chi connectivity index (χ4n) is 4.25. The largest absolute Gasteiger partial charge is 0.494 e. The molecule has 1 atom stereocenters. The van der Waals surface area contributed by atoms with Crippen LogP contribution in [0.2, 0.25) is 0 Å². The highest BCUT2D eigenvalue weighted by Crippen LogP contribution is 2.29. The van der Waals surface area contributed by atoms with Gasteiger partial charge in [-0.15, -0.1) is 0 Å². The lowest BCUT2D eigenvalue weighted by atomic mass is 10.0. The van der Waals surface area contributed by atoms with E-state index in [1.54, 1.807) is 43.4 Å². The summed E-state index contributed by atoms with van der Waals surface area (Å²) in [4.78, 5) is 18.7. The van der Waals surface area contributed by atoms with Crippen LogP contribution in [0.5, 0.6) is 5.75 Å². The van der Waals surface area contributed by atoms with Crippen molar-refractivity contribution in [2.75, 3.05) is 50.1 Å². The third kappa shape index (κ3) is 7.42. The zero-order valence-electron chi connectivity index (χ0n) is 21.8. The van der Waals surface area contributed by atoms with Gasteiger partial charge in [0.1, 0.15) is 11.6 Å². The van der Waals surface area contributed by atoms with Gasteiger partial charge in [-0.3, -0.25) is 4.79 Å². The number of hydrogen-bond acceptors (Lipinski definition) is 5. The van der Waals surface area contributed by atoms with E-state index < -0.39 is 5.60 Å². The second-order valence-electron chi connectivity index (χ2n) is 10.2. The van der Waals surface area contributed by atoms with Crippen LogP contribution in [0.1, 0.15) is 56.8 Å². The van der Waals surface area contributed by atoms with Crippen molar-refractivity contribution in [2.24, 2.45) is 0 Å². The molecule has 6 nitrogen and oxygen atoms in total. The van der Waals surface area contributed by atoms with Crippen LogP contribution in [-0.4, -0.2) is 67.9 Å². The Labute approximate surface area is 209 Å². The fourth-order valence-corrected chi connectivity index (χ4v) is 4.25. The number of unbranched alkanes of at least 4 members (excludes halogenated alkanes) is 1. The topological polar surface area (TPSA) is 56.2 Å². The normalized spacial score (nSPS) is 16.1. The average Bonchev–Trinajstić information content (AvgIpc) is 3.32. The smallest absolute Gasteiger partial charge is 0.258 e. The lowest BCUT2D eigenvalue weighted by Crippen LogP contribution is -2.37. The van der Waals surface area contributed by atoms with Crippen molar-refractivity contribution in [3.63, 3.8) is 0 Å². The SMILES string of the molecule is CCCCOc1ccc(C(=O)N(C)c2ccc(N3CCC(N(C)CCC(C)(C)O)C3)c(F)c2)cc1. The molecule has 1 N–H and O–H groups in total. The van der Waals surface area contributed by atoms with Gasteiger partial charge in [0.25, 0.3) is 5.91 Å². The van der Waals surface area contributed by atoms with Crippen molar-refractivity contribution in [3.8, 4) is 5.75 Å². The van der Waals surface area contributed by atoms with Crippen LogP contribution in [-0.2, 0) is 0 Å². The van der Waals surface area contributed by atoms with E-state index in [2.05, 4.69) is 23.8 Å². The van der Waals surface area contributed by atoms with Gasteiger partial charge in [-0.1, -0.05) is 13.3 Å². The second kappa shape index (κ2) is 11.9. The van der Waals surface area contributed by atoms with Crippen LogP contribution >= 0.6 is 0 Å². The Morgan fingerprint density at radius 2 is 1.91 bits per heavy atom. The first-order valence-electron chi connectivity index (χ1n) is 12.6. The predicted octanol–water partition coefficient (Wildman–Crippen LogP) is 4.95. The first kappa shape index (κ1) is 27.0. The molecule has 1 saturated heterocycles. The van der Waals surface area contributed by atoms with Crippen molar-refractivity contribution in [1.29, 1.82) is 0 Å². The number of likely N-dealkylation sites (N-methyl/N-ethyl adjacent to an activating group) is 1. The molecular weight excluding hydrogens is 445 g/mol. The van der Waals surface area contributed by atoms with Gasteiger partial charge in [0.15, 0.2) is 0 Å². The van der Waals surface area contributed by atoms with E-state index in [0.29, 0.717) is 36.0 Å². The molecule has 1 fully saturated rings. The molecule has 0 aliphatic carbocycles. The number of rotatable bonds is 11. The number of amides is 1. The first-order chi connectivity index (χ1) is 16.6. The molecular formula is C28H40FN3O3. The second-order valence-corrected chi connectivity index (χ2v) is 10.2. The molecule has 2 aromatic carbocycles. The van der Waals surface area contributed by atoms with Gasteiger partial charge in [-0.25, -0.2) is 4.39 Å². The van der Waals surface area contributed by atoms with E-state index in [0.717, 1.165) is 44.6 Å². The maximum atomic E-state index is 15.1. The number of halogens is 1. The maximum Gasteiger partial charge on any atom is 0.258 e. The van der Waals surface area contributed by atoms with Crippen LogP contribution in [0.4, 0.5) is 15.8 Å².